The van der Waals surface area contributed by atoms with E-state index in [0.29, 0.717) is 19.1 Å². The third-order valence-corrected chi connectivity index (χ3v) is 3.52. The van der Waals surface area contributed by atoms with Crippen molar-refractivity contribution in [2.24, 2.45) is 5.92 Å². The standard InChI is InChI=1S/C11H22O.C8H16O/c1-4-11(5-2)7-6-10(3)8-9-12;1-2-3-4-5-6-7-8-9/h7,10,12H,4-6,8-9H2,1-3H3;3-4,9H,2,5-8H2,1H3. The van der Waals surface area contributed by atoms with E-state index in [1.54, 1.807) is 5.57 Å². The van der Waals surface area contributed by atoms with Gasteiger partial charge in [0, 0.05) is 13.2 Å². The van der Waals surface area contributed by atoms with E-state index in [2.05, 4.69) is 45.9 Å². The van der Waals surface area contributed by atoms with Crippen LogP contribution in [-0.4, -0.2) is 23.4 Å². The summed E-state index contributed by atoms with van der Waals surface area (Å²) in [4.78, 5) is 0. The Morgan fingerprint density at radius 1 is 0.952 bits per heavy atom. The van der Waals surface area contributed by atoms with E-state index < -0.39 is 0 Å². The number of unbranched alkanes of at least 4 members (excludes halogenated alkanes) is 2. The zero-order valence-corrected chi connectivity index (χ0v) is 14.8. The van der Waals surface area contributed by atoms with Crippen LogP contribution in [0.3, 0.4) is 0 Å². The first kappa shape index (κ1) is 22.7. The van der Waals surface area contributed by atoms with Crippen molar-refractivity contribution in [3.8, 4) is 0 Å². The monoisotopic (exact) mass is 298 g/mol. The second-order valence-corrected chi connectivity index (χ2v) is 5.52. The van der Waals surface area contributed by atoms with Crippen molar-refractivity contribution in [2.75, 3.05) is 13.2 Å². The SMILES string of the molecule is CCC(=CCC(C)CCO)CC.CCC=CCCCCO. The average Bonchev–Trinajstić information content (AvgIpc) is 2.49. The maximum Gasteiger partial charge on any atom is 0.0433 e. The predicted molar refractivity (Wildman–Crippen MR) is 94.5 cm³/mol. The van der Waals surface area contributed by atoms with Crippen molar-refractivity contribution in [1.82, 2.24) is 0 Å². The number of hydrogen-bond donors (Lipinski definition) is 2. The highest BCUT2D eigenvalue weighted by Crippen LogP contribution is 2.12. The van der Waals surface area contributed by atoms with Crippen LogP contribution in [0.4, 0.5) is 0 Å². The molecule has 0 saturated carbocycles. The van der Waals surface area contributed by atoms with Gasteiger partial charge in [-0.1, -0.05) is 51.5 Å². The van der Waals surface area contributed by atoms with E-state index in [-0.39, 0.29) is 0 Å². The van der Waals surface area contributed by atoms with E-state index in [1.807, 2.05) is 0 Å². The molecule has 2 nitrogen and oxygen atoms in total. The molecule has 1 unspecified atom stereocenters. The fourth-order valence-electron chi connectivity index (χ4n) is 1.90. The minimum absolute atomic E-state index is 0.322. The summed E-state index contributed by atoms with van der Waals surface area (Å²) in [5, 5.41) is 17.1. The van der Waals surface area contributed by atoms with Gasteiger partial charge in [0.15, 0.2) is 0 Å². The molecule has 0 aliphatic carbocycles. The Morgan fingerprint density at radius 2 is 1.62 bits per heavy atom. The quantitative estimate of drug-likeness (QED) is 0.403. The third kappa shape index (κ3) is 19.4. The minimum Gasteiger partial charge on any atom is -0.396 e. The van der Waals surface area contributed by atoms with Crippen molar-refractivity contribution in [3.05, 3.63) is 23.8 Å². The van der Waals surface area contributed by atoms with Crippen LogP contribution < -0.4 is 0 Å². The second kappa shape index (κ2) is 19.4. The highest BCUT2D eigenvalue weighted by atomic mass is 16.3. The molecular formula is C19H38O2. The van der Waals surface area contributed by atoms with Gasteiger partial charge in [-0.3, -0.25) is 0 Å². The van der Waals surface area contributed by atoms with E-state index in [4.69, 9.17) is 10.2 Å². The molecule has 2 heteroatoms. The lowest BCUT2D eigenvalue weighted by atomic mass is 10.0. The van der Waals surface area contributed by atoms with E-state index >= 15 is 0 Å². The molecule has 0 aliphatic heterocycles. The van der Waals surface area contributed by atoms with Gasteiger partial charge in [-0.05, 0) is 57.3 Å². The first-order valence-corrected chi connectivity index (χ1v) is 8.70. The molecule has 21 heavy (non-hydrogen) atoms. The van der Waals surface area contributed by atoms with Gasteiger partial charge in [0.2, 0.25) is 0 Å². The Balaban J connectivity index is 0. The lowest BCUT2D eigenvalue weighted by molar-refractivity contribution is 0.263. The largest absolute Gasteiger partial charge is 0.396 e. The summed E-state index contributed by atoms with van der Waals surface area (Å²) in [6.45, 7) is 9.37. The Kier molecular flexibility index (Phi) is 20.9. The highest BCUT2D eigenvalue weighted by Gasteiger charge is 1.98. The van der Waals surface area contributed by atoms with E-state index in [1.165, 1.54) is 12.8 Å². The Hall–Kier alpha value is -0.600. The van der Waals surface area contributed by atoms with Crippen molar-refractivity contribution < 1.29 is 10.2 Å². The van der Waals surface area contributed by atoms with Crippen molar-refractivity contribution in [3.63, 3.8) is 0 Å². The molecule has 0 aromatic carbocycles. The van der Waals surface area contributed by atoms with Crippen molar-refractivity contribution >= 4 is 0 Å². The molecule has 0 bridgehead atoms. The summed E-state index contributed by atoms with van der Waals surface area (Å²) in [5.41, 5.74) is 1.54. The molecule has 0 saturated heterocycles. The Morgan fingerprint density at radius 3 is 2.10 bits per heavy atom. The fourth-order valence-corrected chi connectivity index (χ4v) is 1.90. The van der Waals surface area contributed by atoms with Crippen LogP contribution in [-0.2, 0) is 0 Å². The minimum atomic E-state index is 0.322. The first-order chi connectivity index (χ1) is 10.2. The molecule has 0 radical (unpaired) electrons. The Bertz CT molecular complexity index is 238. The van der Waals surface area contributed by atoms with Gasteiger partial charge in [0.05, 0.1) is 0 Å². The third-order valence-electron chi connectivity index (χ3n) is 3.52. The summed E-state index contributed by atoms with van der Waals surface area (Å²) < 4.78 is 0. The van der Waals surface area contributed by atoms with Crippen molar-refractivity contribution in [1.29, 1.82) is 0 Å². The van der Waals surface area contributed by atoms with E-state index in [0.717, 1.165) is 38.5 Å². The maximum atomic E-state index is 8.70. The van der Waals surface area contributed by atoms with Crippen LogP contribution in [0.25, 0.3) is 0 Å². The number of allylic oxidation sites excluding steroid dienone is 4. The van der Waals surface area contributed by atoms with E-state index in [9.17, 15) is 0 Å². The fraction of sp³-hybridized carbons (Fsp3) is 0.789. The number of rotatable bonds is 11. The molecular weight excluding hydrogens is 260 g/mol. The molecule has 0 spiro atoms. The number of hydrogen-bond acceptors (Lipinski definition) is 2. The van der Waals surface area contributed by atoms with Gasteiger partial charge in [0.25, 0.3) is 0 Å². The molecule has 2 N–H and O–H groups in total. The summed E-state index contributed by atoms with van der Waals surface area (Å²) in [7, 11) is 0. The second-order valence-electron chi connectivity index (χ2n) is 5.52. The molecule has 0 rings (SSSR count). The first-order valence-electron chi connectivity index (χ1n) is 8.70. The van der Waals surface area contributed by atoms with Gasteiger partial charge < -0.3 is 10.2 Å². The zero-order chi connectivity index (χ0) is 16.3. The summed E-state index contributed by atoms with van der Waals surface area (Å²) in [5.74, 6) is 0.628. The number of aliphatic hydroxyl groups excluding tert-OH is 2. The van der Waals surface area contributed by atoms with Gasteiger partial charge >= 0.3 is 0 Å². The molecule has 0 fully saturated rings. The summed E-state index contributed by atoms with van der Waals surface area (Å²) >= 11 is 0. The van der Waals surface area contributed by atoms with Gasteiger partial charge in [0.1, 0.15) is 0 Å². The molecule has 126 valence electrons. The van der Waals surface area contributed by atoms with Crippen LogP contribution >= 0.6 is 0 Å². The lowest BCUT2D eigenvalue weighted by Gasteiger charge is -2.07. The smallest absolute Gasteiger partial charge is 0.0433 e. The Labute approximate surface area is 133 Å². The highest BCUT2D eigenvalue weighted by molar-refractivity contribution is 5.00. The molecule has 0 aromatic heterocycles. The van der Waals surface area contributed by atoms with Crippen LogP contribution in [0.15, 0.2) is 23.8 Å². The van der Waals surface area contributed by atoms with Gasteiger partial charge in [-0.2, -0.15) is 0 Å². The molecule has 0 amide bonds. The van der Waals surface area contributed by atoms with Crippen LogP contribution in [0.1, 0.15) is 79.1 Å². The zero-order valence-electron chi connectivity index (χ0n) is 14.8. The molecule has 0 aliphatic rings. The average molecular weight is 299 g/mol. The maximum absolute atomic E-state index is 8.70. The van der Waals surface area contributed by atoms with Crippen LogP contribution in [0, 0.1) is 5.92 Å². The molecule has 0 aromatic rings. The lowest BCUT2D eigenvalue weighted by Crippen LogP contribution is -1.96. The van der Waals surface area contributed by atoms with Gasteiger partial charge in [-0.15, -0.1) is 0 Å². The van der Waals surface area contributed by atoms with Gasteiger partial charge in [-0.25, -0.2) is 0 Å². The van der Waals surface area contributed by atoms with Crippen molar-refractivity contribution in [2.45, 2.75) is 79.1 Å². The molecule has 1 atom stereocenters. The van der Waals surface area contributed by atoms with Crippen LogP contribution in [0.5, 0.6) is 0 Å². The summed E-state index contributed by atoms with van der Waals surface area (Å²) in [6.07, 6.45) is 15.4. The topological polar surface area (TPSA) is 40.5 Å². The summed E-state index contributed by atoms with van der Waals surface area (Å²) in [6, 6.07) is 0. The van der Waals surface area contributed by atoms with Crippen LogP contribution in [0.2, 0.25) is 0 Å². The number of aliphatic hydroxyl groups is 2. The normalized spacial score (nSPS) is 11.9. The molecule has 0 heterocycles. The predicted octanol–water partition coefficient (Wildman–Crippen LogP) is 5.26.